The summed E-state index contributed by atoms with van der Waals surface area (Å²) in [6.45, 7) is 0.0835. The van der Waals surface area contributed by atoms with Crippen LogP contribution in [0.4, 0.5) is 28.9 Å². The van der Waals surface area contributed by atoms with Gasteiger partial charge in [-0.2, -0.15) is 0 Å². The van der Waals surface area contributed by atoms with Crippen LogP contribution in [0.1, 0.15) is 16.1 Å². The molecule has 0 saturated carbocycles. The molecule has 152 valence electrons. The lowest BCUT2D eigenvalue weighted by Gasteiger charge is -2.13. The predicted octanol–water partition coefficient (Wildman–Crippen LogP) is 4.34. The SMILES string of the molecule is O=C1NCc2nc(-c3c(F)cccc3F)cc(Nc3ccc4c(c3)OC(F)(F)O4)c21. The predicted molar refractivity (Wildman–Crippen MR) is 96.7 cm³/mol. The number of pyridine rings is 1. The molecule has 0 aliphatic carbocycles. The Balaban J connectivity index is 1.59. The zero-order valence-corrected chi connectivity index (χ0v) is 14.9. The van der Waals surface area contributed by atoms with E-state index in [9.17, 15) is 22.4 Å². The minimum atomic E-state index is -3.77. The summed E-state index contributed by atoms with van der Waals surface area (Å²) in [7, 11) is 0. The zero-order chi connectivity index (χ0) is 21.0. The maximum Gasteiger partial charge on any atom is 0.586 e. The summed E-state index contributed by atoms with van der Waals surface area (Å²) in [4.78, 5) is 16.5. The average Bonchev–Trinajstić information content (AvgIpc) is 3.19. The highest BCUT2D eigenvalue weighted by Gasteiger charge is 2.43. The molecule has 6 nitrogen and oxygen atoms in total. The van der Waals surface area contributed by atoms with E-state index in [1.165, 1.54) is 30.3 Å². The number of benzene rings is 2. The number of halogens is 4. The fraction of sp³-hybridized carbons (Fsp3) is 0.100. The van der Waals surface area contributed by atoms with Crippen molar-refractivity contribution in [1.82, 2.24) is 10.3 Å². The van der Waals surface area contributed by atoms with Crippen molar-refractivity contribution in [3.05, 3.63) is 65.4 Å². The molecule has 2 N–H and O–H groups in total. The van der Waals surface area contributed by atoms with Crippen molar-refractivity contribution >= 4 is 17.3 Å². The van der Waals surface area contributed by atoms with Gasteiger partial charge >= 0.3 is 6.29 Å². The Hall–Kier alpha value is -3.82. The van der Waals surface area contributed by atoms with Gasteiger partial charge in [-0.3, -0.25) is 4.79 Å². The standard InChI is InChI=1S/C20H11F4N3O3/c21-10-2-1-3-11(22)17(10)12-7-13(18-14(27-12)8-25-19(18)28)26-9-4-5-15-16(6-9)30-20(23,24)29-15/h1-7H,8H2,(H,25,28)(H,26,27). The number of hydrogen-bond donors (Lipinski definition) is 2. The lowest BCUT2D eigenvalue weighted by molar-refractivity contribution is -0.286. The van der Waals surface area contributed by atoms with Gasteiger partial charge in [0.05, 0.1) is 34.7 Å². The minimum absolute atomic E-state index is 0.0179. The zero-order valence-electron chi connectivity index (χ0n) is 14.9. The van der Waals surface area contributed by atoms with Crippen LogP contribution in [0.5, 0.6) is 11.5 Å². The quantitative estimate of drug-likeness (QED) is 0.621. The molecule has 0 radical (unpaired) electrons. The fourth-order valence-corrected chi connectivity index (χ4v) is 3.38. The van der Waals surface area contributed by atoms with Crippen molar-refractivity contribution in [3.63, 3.8) is 0 Å². The number of carbonyl (C=O) groups excluding carboxylic acids is 1. The van der Waals surface area contributed by atoms with E-state index in [-0.39, 0.29) is 40.6 Å². The van der Waals surface area contributed by atoms with Gasteiger partial charge in [-0.1, -0.05) is 6.07 Å². The van der Waals surface area contributed by atoms with Crippen molar-refractivity contribution in [2.24, 2.45) is 0 Å². The molecule has 5 rings (SSSR count). The number of anilines is 2. The van der Waals surface area contributed by atoms with Crippen LogP contribution in [-0.4, -0.2) is 17.2 Å². The lowest BCUT2D eigenvalue weighted by Crippen LogP contribution is -2.25. The van der Waals surface area contributed by atoms with E-state index in [2.05, 4.69) is 25.1 Å². The second-order valence-corrected chi connectivity index (χ2v) is 6.61. The molecule has 2 aliphatic heterocycles. The molecule has 3 aromatic rings. The monoisotopic (exact) mass is 417 g/mol. The van der Waals surface area contributed by atoms with E-state index in [0.717, 1.165) is 12.1 Å². The number of rotatable bonds is 3. The number of nitrogens with one attached hydrogen (secondary N) is 2. The van der Waals surface area contributed by atoms with Gasteiger partial charge in [-0.15, -0.1) is 8.78 Å². The summed E-state index contributed by atoms with van der Waals surface area (Å²) in [6.07, 6.45) is -3.77. The Morgan fingerprint density at radius 1 is 1.00 bits per heavy atom. The van der Waals surface area contributed by atoms with Crippen molar-refractivity contribution in [1.29, 1.82) is 0 Å². The number of carbonyl (C=O) groups is 1. The number of fused-ring (bicyclic) bond motifs is 2. The van der Waals surface area contributed by atoms with Gasteiger partial charge in [0.1, 0.15) is 11.6 Å². The molecule has 0 saturated heterocycles. The summed E-state index contributed by atoms with van der Waals surface area (Å²) in [6, 6.07) is 8.73. The molecule has 0 spiro atoms. The molecular formula is C20H11F4N3O3. The van der Waals surface area contributed by atoms with E-state index < -0.39 is 23.8 Å². The van der Waals surface area contributed by atoms with Gasteiger partial charge < -0.3 is 20.1 Å². The van der Waals surface area contributed by atoms with Crippen molar-refractivity contribution in [3.8, 4) is 22.8 Å². The third-order valence-electron chi connectivity index (χ3n) is 4.64. The van der Waals surface area contributed by atoms with Crippen LogP contribution >= 0.6 is 0 Å². The summed E-state index contributed by atoms with van der Waals surface area (Å²) in [5.41, 5.74) is 0.637. The molecule has 0 bridgehead atoms. The second-order valence-electron chi connectivity index (χ2n) is 6.61. The van der Waals surface area contributed by atoms with Gasteiger partial charge in [0, 0.05) is 11.8 Å². The van der Waals surface area contributed by atoms with Crippen molar-refractivity contribution < 1.29 is 31.8 Å². The number of amides is 1. The van der Waals surface area contributed by atoms with Gasteiger partial charge in [-0.25, -0.2) is 13.8 Å². The fourth-order valence-electron chi connectivity index (χ4n) is 3.38. The normalized spacial score (nSPS) is 15.7. The second kappa shape index (κ2) is 6.34. The molecule has 1 aromatic heterocycles. The topological polar surface area (TPSA) is 72.5 Å². The molecule has 0 atom stereocenters. The molecule has 2 aromatic carbocycles. The molecule has 0 unspecified atom stereocenters. The van der Waals surface area contributed by atoms with E-state index in [1.54, 1.807) is 0 Å². The third-order valence-corrected chi connectivity index (χ3v) is 4.64. The highest BCUT2D eigenvalue weighted by Crippen LogP contribution is 2.43. The van der Waals surface area contributed by atoms with E-state index in [4.69, 9.17) is 0 Å². The Morgan fingerprint density at radius 3 is 2.50 bits per heavy atom. The van der Waals surface area contributed by atoms with E-state index in [1.807, 2.05) is 0 Å². The van der Waals surface area contributed by atoms with Crippen molar-refractivity contribution in [2.45, 2.75) is 12.8 Å². The Morgan fingerprint density at radius 2 is 1.73 bits per heavy atom. The van der Waals surface area contributed by atoms with E-state index in [0.29, 0.717) is 11.4 Å². The summed E-state index contributed by atoms with van der Waals surface area (Å²) >= 11 is 0. The highest BCUT2D eigenvalue weighted by molar-refractivity contribution is 6.04. The van der Waals surface area contributed by atoms with Crippen LogP contribution in [0.2, 0.25) is 0 Å². The molecule has 30 heavy (non-hydrogen) atoms. The molecule has 10 heteroatoms. The van der Waals surface area contributed by atoms with Crippen LogP contribution in [0.15, 0.2) is 42.5 Å². The first kappa shape index (κ1) is 18.2. The minimum Gasteiger partial charge on any atom is -0.395 e. The Labute approximate surface area is 166 Å². The summed E-state index contributed by atoms with van der Waals surface area (Å²) in [5, 5.41) is 5.51. The van der Waals surface area contributed by atoms with Gasteiger partial charge in [0.25, 0.3) is 5.91 Å². The Bertz CT molecular complexity index is 1200. The van der Waals surface area contributed by atoms with Crippen LogP contribution in [0.3, 0.4) is 0 Å². The van der Waals surface area contributed by atoms with Crippen LogP contribution in [-0.2, 0) is 6.54 Å². The van der Waals surface area contributed by atoms with Gasteiger partial charge in [0.2, 0.25) is 0 Å². The summed E-state index contributed by atoms with van der Waals surface area (Å²) < 4.78 is 63.8. The number of hydrogen-bond acceptors (Lipinski definition) is 5. The number of ether oxygens (including phenoxy) is 2. The number of alkyl halides is 2. The first-order valence-corrected chi connectivity index (χ1v) is 8.74. The number of nitrogens with zero attached hydrogens (tertiary/aromatic N) is 1. The van der Waals surface area contributed by atoms with Crippen molar-refractivity contribution in [2.75, 3.05) is 5.32 Å². The largest absolute Gasteiger partial charge is 0.586 e. The van der Waals surface area contributed by atoms with Gasteiger partial charge in [0.15, 0.2) is 11.5 Å². The first-order valence-electron chi connectivity index (χ1n) is 8.74. The first-order chi connectivity index (χ1) is 14.3. The average molecular weight is 417 g/mol. The third kappa shape index (κ3) is 2.97. The highest BCUT2D eigenvalue weighted by atomic mass is 19.3. The maximum atomic E-state index is 14.3. The van der Waals surface area contributed by atoms with Crippen LogP contribution in [0, 0.1) is 11.6 Å². The van der Waals surface area contributed by atoms with E-state index >= 15 is 0 Å². The Kier molecular flexibility index (Phi) is 3.85. The molecule has 3 heterocycles. The van der Waals surface area contributed by atoms with Crippen LogP contribution in [0.25, 0.3) is 11.3 Å². The molecule has 0 fully saturated rings. The molecule has 2 aliphatic rings. The van der Waals surface area contributed by atoms with Crippen LogP contribution < -0.4 is 20.1 Å². The number of aromatic nitrogens is 1. The smallest absolute Gasteiger partial charge is 0.395 e. The molecule has 1 amide bonds. The maximum absolute atomic E-state index is 14.3. The van der Waals surface area contributed by atoms with Gasteiger partial charge in [-0.05, 0) is 30.3 Å². The lowest BCUT2D eigenvalue weighted by atomic mass is 10.1. The molecular weight excluding hydrogens is 406 g/mol. The summed E-state index contributed by atoms with van der Waals surface area (Å²) in [5.74, 6) is -2.38.